The molecule has 0 fully saturated rings. The Hall–Kier alpha value is -1.52. The largest absolute Gasteiger partial charge is 0.496 e. The molecule has 20 heavy (non-hydrogen) atoms. The number of halogens is 1. The van der Waals surface area contributed by atoms with Crippen LogP contribution in [0.4, 0.5) is 0 Å². The molecule has 3 nitrogen and oxygen atoms in total. The van der Waals surface area contributed by atoms with Crippen LogP contribution >= 0.6 is 15.9 Å². The number of para-hydroxylation sites is 1. The molecule has 0 unspecified atom stereocenters. The van der Waals surface area contributed by atoms with Crippen molar-refractivity contribution in [3.8, 4) is 11.5 Å². The van der Waals surface area contributed by atoms with Crippen LogP contribution in [0, 0.1) is 0 Å². The number of hydrogen-bond acceptors (Lipinski definition) is 3. The lowest BCUT2D eigenvalue weighted by Crippen LogP contribution is -2.20. The van der Waals surface area contributed by atoms with E-state index in [0.717, 1.165) is 34.6 Å². The summed E-state index contributed by atoms with van der Waals surface area (Å²) in [6, 6.07) is 15.8. The Morgan fingerprint density at radius 1 is 1.05 bits per heavy atom. The Morgan fingerprint density at radius 2 is 1.80 bits per heavy atom. The van der Waals surface area contributed by atoms with Gasteiger partial charge in [-0.05, 0) is 30.3 Å². The number of benzene rings is 2. The van der Waals surface area contributed by atoms with E-state index >= 15 is 0 Å². The maximum atomic E-state index is 5.64. The Labute approximate surface area is 128 Å². The van der Waals surface area contributed by atoms with E-state index in [9.17, 15) is 0 Å². The Morgan fingerprint density at radius 3 is 2.55 bits per heavy atom. The van der Waals surface area contributed by atoms with Gasteiger partial charge in [0.05, 0.1) is 7.11 Å². The van der Waals surface area contributed by atoms with E-state index in [1.807, 2.05) is 42.5 Å². The normalized spacial score (nSPS) is 10.3. The van der Waals surface area contributed by atoms with Crippen molar-refractivity contribution in [2.24, 2.45) is 0 Å². The summed E-state index contributed by atoms with van der Waals surface area (Å²) in [4.78, 5) is 0. The van der Waals surface area contributed by atoms with E-state index in [0.29, 0.717) is 6.61 Å². The van der Waals surface area contributed by atoms with Crippen molar-refractivity contribution in [1.82, 2.24) is 5.32 Å². The van der Waals surface area contributed by atoms with Crippen LogP contribution in [0.25, 0.3) is 0 Å². The van der Waals surface area contributed by atoms with Crippen molar-refractivity contribution in [3.05, 3.63) is 58.6 Å². The third-order valence-electron chi connectivity index (χ3n) is 2.87. The molecule has 2 aromatic carbocycles. The van der Waals surface area contributed by atoms with Gasteiger partial charge in [0.2, 0.25) is 0 Å². The highest BCUT2D eigenvalue weighted by molar-refractivity contribution is 9.10. The first-order valence-corrected chi connectivity index (χ1v) is 7.30. The van der Waals surface area contributed by atoms with Gasteiger partial charge in [-0.15, -0.1) is 0 Å². The molecule has 0 aliphatic carbocycles. The number of nitrogens with one attached hydrogen (secondary N) is 1. The van der Waals surface area contributed by atoms with E-state index in [1.165, 1.54) is 0 Å². The summed E-state index contributed by atoms with van der Waals surface area (Å²) in [5.41, 5.74) is 1.15. The fourth-order valence-electron chi connectivity index (χ4n) is 1.84. The number of hydrogen-bond donors (Lipinski definition) is 1. The SMILES string of the molecule is COc1ccccc1CNCCOc1ccc(Br)cc1. The summed E-state index contributed by atoms with van der Waals surface area (Å²) in [6.45, 7) is 2.19. The molecule has 0 spiro atoms. The van der Waals surface area contributed by atoms with Crippen molar-refractivity contribution in [2.45, 2.75) is 6.54 Å². The second-order valence-electron chi connectivity index (χ2n) is 4.29. The van der Waals surface area contributed by atoms with Crippen molar-refractivity contribution >= 4 is 15.9 Å². The molecule has 0 amide bonds. The van der Waals surface area contributed by atoms with Crippen LogP contribution < -0.4 is 14.8 Å². The standard InChI is InChI=1S/C16H18BrNO2/c1-19-16-5-3-2-4-13(16)12-18-10-11-20-15-8-6-14(17)7-9-15/h2-9,18H,10-12H2,1H3. The smallest absolute Gasteiger partial charge is 0.123 e. The van der Waals surface area contributed by atoms with Crippen LogP contribution in [-0.2, 0) is 6.54 Å². The molecular formula is C16H18BrNO2. The van der Waals surface area contributed by atoms with Crippen molar-refractivity contribution in [3.63, 3.8) is 0 Å². The second-order valence-corrected chi connectivity index (χ2v) is 5.21. The molecule has 2 aromatic rings. The molecule has 2 rings (SSSR count). The van der Waals surface area contributed by atoms with Crippen LogP contribution in [0.2, 0.25) is 0 Å². The Balaban J connectivity index is 1.70. The van der Waals surface area contributed by atoms with Gasteiger partial charge >= 0.3 is 0 Å². The van der Waals surface area contributed by atoms with E-state index in [-0.39, 0.29) is 0 Å². The van der Waals surface area contributed by atoms with Gasteiger partial charge in [0.1, 0.15) is 18.1 Å². The quantitative estimate of drug-likeness (QED) is 0.784. The topological polar surface area (TPSA) is 30.5 Å². The minimum Gasteiger partial charge on any atom is -0.496 e. The van der Waals surface area contributed by atoms with Gasteiger partial charge < -0.3 is 14.8 Å². The number of rotatable bonds is 7. The Bertz CT molecular complexity index is 528. The highest BCUT2D eigenvalue weighted by atomic mass is 79.9. The lowest BCUT2D eigenvalue weighted by molar-refractivity contribution is 0.313. The van der Waals surface area contributed by atoms with Gasteiger partial charge in [0.15, 0.2) is 0 Å². The Kier molecular flexibility index (Phi) is 5.89. The molecule has 0 aliphatic heterocycles. The zero-order valence-corrected chi connectivity index (χ0v) is 13.0. The molecule has 0 heterocycles. The molecule has 106 valence electrons. The summed E-state index contributed by atoms with van der Waals surface area (Å²) in [5, 5.41) is 3.34. The summed E-state index contributed by atoms with van der Waals surface area (Å²) in [6.07, 6.45) is 0. The maximum Gasteiger partial charge on any atom is 0.123 e. The second kappa shape index (κ2) is 7.92. The predicted octanol–water partition coefficient (Wildman–Crippen LogP) is 3.63. The maximum absolute atomic E-state index is 5.64. The molecule has 1 N–H and O–H groups in total. The van der Waals surface area contributed by atoms with Crippen LogP contribution in [0.15, 0.2) is 53.0 Å². The number of methoxy groups -OCH3 is 1. The van der Waals surface area contributed by atoms with E-state index < -0.39 is 0 Å². The fraction of sp³-hybridized carbons (Fsp3) is 0.250. The monoisotopic (exact) mass is 335 g/mol. The molecule has 4 heteroatoms. The van der Waals surface area contributed by atoms with Gasteiger partial charge in [-0.2, -0.15) is 0 Å². The lowest BCUT2D eigenvalue weighted by atomic mass is 10.2. The van der Waals surface area contributed by atoms with Gasteiger partial charge in [-0.25, -0.2) is 0 Å². The minimum absolute atomic E-state index is 0.636. The molecule has 0 aliphatic rings. The molecule has 0 aromatic heterocycles. The summed E-state index contributed by atoms with van der Waals surface area (Å²) < 4.78 is 12.0. The third kappa shape index (κ3) is 4.54. The van der Waals surface area contributed by atoms with Crippen molar-refractivity contribution < 1.29 is 9.47 Å². The van der Waals surface area contributed by atoms with Crippen molar-refractivity contribution in [1.29, 1.82) is 0 Å². The van der Waals surface area contributed by atoms with Crippen LogP contribution in [0.3, 0.4) is 0 Å². The van der Waals surface area contributed by atoms with Crippen LogP contribution in [-0.4, -0.2) is 20.3 Å². The van der Waals surface area contributed by atoms with Gasteiger partial charge in [-0.3, -0.25) is 0 Å². The highest BCUT2D eigenvalue weighted by Gasteiger charge is 2.00. The van der Waals surface area contributed by atoms with Crippen LogP contribution in [0.5, 0.6) is 11.5 Å². The molecular weight excluding hydrogens is 318 g/mol. The van der Waals surface area contributed by atoms with E-state index in [2.05, 4.69) is 27.3 Å². The average molecular weight is 336 g/mol. The summed E-state index contributed by atoms with van der Waals surface area (Å²) in [7, 11) is 1.69. The predicted molar refractivity (Wildman–Crippen MR) is 84.3 cm³/mol. The van der Waals surface area contributed by atoms with Gasteiger partial charge in [0.25, 0.3) is 0 Å². The average Bonchev–Trinajstić information content (AvgIpc) is 2.49. The first-order valence-electron chi connectivity index (χ1n) is 6.50. The van der Waals surface area contributed by atoms with Crippen LogP contribution in [0.1, 0.15) is 5.56 Å². The molecule has 0 bridgehead atoms. The zero-order valence-electron chi connectivity index (χ0n) is 11.4. The third-order valence-corrected chi connectivity index (χ3v) is 3.40. The molecule has 0 radical (unpaired) electrons. The zero-order chi connectivity index (χ0) is 14.2. The number of ether oxygens (including phenoxy) is 2. The lowest BCUT2D eigenvalue weighted by Gasteiger charge is -2.10. The molecule has 0 saturated carbocycles. The van der Waals surface area contributed by atoms with E-state index in [4.69, 9.17) is 9.47 Å². The van der Waals surface area contributed by atoms with Gasteiger partial charge in [-0.1, -0.05) is 34.1 Å². The first-order chi connectivity index (χ1) is 9.79. The molecule has 0 atom stereocenters. The van der Waals surface area contributed by atoms with E-state index in [1.54, 1.807) is 7.11 Å². The first kappa shape index (κ1) is 14.9. The molecule has 0 saturated heterocycles. The minimum atomic E-state index is 0.636. The summed E-state index contributed by atoms with van der Waals surface area (Å²) >= 11 is 3.40. The highest BCUT2D eigenvalue weighted by Crippen LogP contribution is 2.17. The fourth-order valence-corrected chi connectivity index (χ4v) is 2.11. The van der Waals surface area contributed by atoms with Crippen molar-refractivity contribution in [2.75, 3.05) is 20.3 Å². The van der Waals surface area contributed by atoms with Gasteiger partial charge in [0, 0.05) is 23.1 Å². The summed E-state index contributed by atoms with van der Waals surface area (Å²) in [5.74, 6) is 1.79.